The summed E-state index contributed by atoms with van der Waals surface area (Å²) in [5, 5.41) is 3.47. The van der Waals surface area contributed by atoms with Gasteiger partial charge in [-0.2, -0.15) is 0 Å². The lowest BCUT2D eigenvalue weighted by Crippen LogP contribution is -2.36. The Balaban J connectivity index is 4.22. The molecule has 0 saturated heterocycles. The van der Waals surface area contributed by atoms with Crippen LogP contribution in [-0.2, 0) is 0 Å². The van der Waals surface area contributed by atoms with Gasteiger partial charge in [-0.3, -0.25) is 0 Å². The van der Waals surface area contributed by atoms with E-state index in [1.54, 1.807) is 0 Å². The molecule has 0 saturated carbocycles. The van der Waals surface area contributed by atoms with Gasteiger partial charge in [0.1, 0.15) is 0 Å². The second-order valence-electron chi connectivity index (χ2n) is 3.51. The van der Waals surface area contributed by atoms with Crippen molar-refractivity contribution in [1.29, 1.82) is 0 Å². The molecule has 0 aliphatic rings. The molecule has 0 aliphatic carbocycles. The molecular formula is C11H21N. The lowest BCUT2D eigenvalue weighted by atomic mass is 10.0. The zero-order chi connectivity index (χ0) is 9.61. The standard InChI is InChI=1S/C11H21N/c1-6-9-11(4,5)12-10(7-2)8-3/h6-7,9,12H,8H2,1-5H3/b9-6?,10-7+. The highest BCUT2D eigenvalue weighted by Crippen LogP contribution is 2.09. The van der Waals surface area contributed by atoms with Gasteiger partial charge < -0.3 is 5.32 Å². The van der Waals surface area contributed by atoms with Crippen LogP contribution in [0.15, 0.2) is 23.9 Å². The summed E-state index contributed by atoms with van der Waals surface area (Å²) in [6.45, 7) is 10.6. The summed E-state index contributed by atoms with van der Waals surface area (Å²) in [5.74, 6) is 0. The number of nitrogens with one attached hydrogen (secondary N) is 1. The first-order chi connectivity index (χ1) is 5.55. The highest BCUT2D eigenvalue weighted by Gasteiger charge is 2.12. The van der Waals surface area contributed by atoms with E-state index in [-0.39, 0.29) is 5.54 Å². The number of hydrogen-bond donors (Lipinski definition) is 1. The minimum absolute atomic E-state index is 0.0760. The molecule has 1 heteroatoms. The van der Waals surface area contributed by atoms with Crippen LogP contribution in [0.5, 0.6) is 0 Å². The van der Waals surface area contributed by atoms with Crippen LogP contribution in [0.3, 0.4) is 0 Å². The van der Waals surface area contributed by atoms with Gasteiger partial charge in [0.2, 0.25) is 0 Å². The van der Waals surface area contributed by atoms with Gasteiger partial charge in [0.05, 0.1) is 0 Å². The van der Waals surface area contributed by atoms with Crippen molar-refractivity contribution in [3.63, 3.8) is 0 Å². The fourth-order valence-corrected chi connectivity index (χ4v) is 1.24. The molecule has 0 radical (unpaired) electrons. The molecule has 1 nitrogen and oxygen atoms in total. The van der Waals surface area contributed by atoms with Crippen molar-refractivity contribution >= 4 is 0 Å². The van der Waals surface area contributed by atoms with E-state index in [4.69, 9.17) is 0 Å². The molecule has 0 aromatic rings. The van der Waals surface area contributed by atoms with Crippen molar-refractivity contribution in [2.45, 2.75) is 46.6 Å². The third-order valence-electron chi connectivity index (χ3n) is 1.80. The second-order valence-corrected chi connectivity index (χ2v) is 3.51. The maximum atomic E-state index is 3.47. The quantitative estimate of drug-likeness (QED) is 0.634. The van der Waals surface area contributed by atoms with E-state index in [0.29, 0.717) is 0 Å². The molecule has 0 aromatic carbocycles. The lowest BCUT2D eigenvalue weighted by Gasteiger charge is -2.25. The van der Waals surface area contributed by atoms with Crippen LogP contribution in [0.25, 0.3) is 0 Å². The van der Waals surface area contributed by atoms with Crippen molar-refractivity contribution in [3.8, 4) is 0 Å². The summed E-state index contributed by atoms with van der Waals surface area (Å²) in [5.41, 5.74) is 1.38. The summed E-state index contributed by atoms with van der Waals surface area (Å²) in [4.78, 5) is 0. The maximum absolute atomic E-state index is 3.47. The molecule has 0 heterocycles. The van der Waals surface area contributed by atoms with Gasteiger partial charge in [-0.1, -0.05) is 25.2 Å². The summed E-state index contributed by atoms with van der Waals surface area (Å²) in [7, 11) is 0. The molecule has 0 atom stereocenters. The lowest BCUT2D eigenvalue weighted by molar-refractivity contribution is 0.520. The minimum atomic E-state index is 0.0760. The molecular weight excluding hydrogens is 146 g/mol. The van der Waals surface area contributed by atoms with Crippen LogP contribution in [0.1, 0.15) is 41.0 Å². The molecule has 0 aliphatic heterocycles. The van der Waals surface area contributed by atoms with E-state index in [1.807, 2.05) is 6.92 Å². The third-order valence-corrected chi connectivity index (χ3v) is 1.80. The predicted octanol–water partition coefficient (Wildman–Crippen LogP) is 3.24. The Hall–Kier alpha value is -0.720. The second kappa shape index (κ2) is 5.02. The molecule has 0 rings (SSSR count). The molecule has 12 heavy (non-hydrogen) atoms. The summed E-state index contributed by atoms with van der Waals surface area (Å²) >= 11 is 0. The van der Waals surface area contributed by atoms with Gasteiger partial charge in [0, 0.05) is 11.2 Å². The Kier molecular flexibility index (Phi) is 4.72. The Morgan fingerprint density at radius 1 is 1.33 bits per heavy atom. The molecule has 0 aromatic heterocycles. The smallest absolute Gasteiger partial charge is 0.0496 e. The predicted molar refractivity (Wildman–Crippen MR) is 56.1 cm³/mol. The average Bonchev–Trinajstić information content (AvgIpc) is 2.00. The van der Waals surface area contributed by atoms with Crippen molar-refractivity contribution in [2.24, 2.45) is 0 Å². The number of allylic oxidation sites excluding steroid dienone is 3. The van der Waals surface area contributed by atoms with E-state index in [2.05, 4.69) is 51.2 Å². The summed E-state index contributed by atoms with van der Waals surface area (Å²) in [6.07, 6.45) is 7.45. The van der Waals surface area contributed by atoms with Gasteiger partial charge >= 0.3 is 0 Å². The largest absolute Gasteiger partial charge is 0.380 e. The molecule has 70 valence electrons. The topological polar surface area (TPSA) is 12.0 Å². The van der Waals surface area contributed by atoms with Gasteiger partial charge in [-0.25, -0.2) is 0 Å². The van der Waals surface area contributed by atoms with E-state index in [0.717, 1.165) is 6.42 Å². The Bertz CT molecular complexity index is 175. The van der Waals surface area contributed by atoms with Gasteiger partial charge in [-0.15, -0.1) is 0 Å². The molecule has 0 amide bonds. The fourth-order valence-electron chi connectivity index (χ4n) is 1.24. The normalized spacial score (nSPS) is 13.9. The molecule has 0 spiro atoms. The van der Waals surface area contributed by atoms with E-state index in [1.165, 1.54) is 5.70 Å². The minimum Gasteiger partial charge on any atom is -0.380 e. The maximum Gasteiger partial charge on any atom is 0.0496 e. The van der Waals surface area contributed by atoms with Gasteiger partial charge in [-0.05, 0) is 34.1 Å². The average molecular weight is 167 g/mol. The van der Waals surface area contributed by atoms with Crippen LogP contribution >= 0.6 is 0 Å². The number of rotatable bonds is 4. The molecule has 0 bridgehead atoms. The molecule has 0 unspecified atom stereocenters. The highest BCUT2D eigenvalue weighted by molar-refractivity contribution is 5.08. The van der Waals surface area contributed by atoms with Crippen LogP contribution in [0.4, 0.5) is 0 Å². The Labute approximate surface area is 76.6 Å². The molecule has 1 N–H and O–H groups in total. The molecule has 0 fully saturated rings. The van der Waals surface area contributed by atoms with E-state index in [9.17, 15) is 0 Å². The summed E-state index contributed by atoms with van der Waals surface area (Å²) in [6, 6.07) is 0. The van der Waals surface area contributed by atoms with Gasteiger partial charge in [0.25, 0.3) is 0 Å². The Morgan fingerprint density at radius 3 is 2.25 bits per heavy atom. The Morgan fingerprint density at radius 2 is 1.92 bits per heavy atom. The van der Waals surface area contributed by atoms with Crippen molar-refractivity contribution in [1.82, 2.24) is 5.32 Å². The van der Waals surface area contributed by atoms with Crippen molar-refractivity contribution in [3.05, 3.63) is 23.9 Å². The van der Waals surface area contributed by atoms with Crippen LogP contribution in [-0.4, -0.2) is 5.54 Å². The zero-order valence-corrected chi connectivity index (χ0v) is 8.94. The summed E-state index contributed by atoms with van der Waals surface area (Å²) < 4.78 is 0. The van der Waals surface area contributed by atoms with E-state index >= 15 is 0 Å². The number of hydrogen-bond acceptors (Lipinski definition) is 1. The van der Waals surface area contributed by atoms with Crippen molar-refractivity contribution < 1.29 is 0 Å². The van der Waals surface area contributed by atoms with Crippen LogP contribution in [0, 0.1) is 0 Å². The zero-order valence-electron chi connectivity index (χ0n) is 8.94. The highest BCUT2D eigenvalue weighted by atomic mass is 15.0. The fraction of sp³-hybridized carbons (Fsp3) is 0.636. The monoisotopic (exact) mass is 167 g/mol. The van der Waals surface area contributed by atoms with Crippen LogP contribution in [0.2, 0.25) is 0 Å². The van der Waals surface area contributed by atoms with E-state index < -0.39 is 0 Å². The van der Waals surface area contributed by atoms with Crippen LogP contribution < -0.4 is 5.32 Å². The third kappa shape index (κ3) is 4.22. The SMILES string of the molecule is CC=CC(C)(C)N/C(=C/C)CC. The first-order valence-electron chi connectivity index (χ1n) is 4.63. The van der Waals surface area contributed by atoms with Gasteiger partial charge in [0.15, 0.2) is 0 Å². The first kappa shape index (κ1) is 11.3. The first-order valence-corrected chi connectivity index (χ1v) is 4.63. The van der Waals surface area contributed by atoms with Crippen molar-refractivity contribution in [2.75, 3.05) is 0 Å².